The van der Waals surface area contributed by atoms with Crippen LogP contribution < -0.4 is 27.4 Å². The molecule has 6 heteroatoms. The van der Waals surface area contributed by atoms with E-state index in [0.29, 0.717) is 0 Å². The molecule has 0 aliphatic rings. The summed E-state index contributed by atoms with van der Waals surface area (Å²) in [5, 5.41) is 0. The van der Waals surface area contributed by atoms with Crippen molar-refractivity contribution in [1.29, 1.82) is 0 Å². The smallest absolute Gasteiger partial charge is 0.173 e. The molecule has 7 rings (SSSR count). The van der Waals surface area contributed by atoms with Gasteiger partial charge in [-0.3, -0.25) is 0 Å². The lowest BCUT2D eigenvalue weighted by molar-refractivity contribution is -0.690. The van der Waals surface area contributed by atoms with Crippen LogP contribution in [-0.2, 0) is 40.8 Å². The molecule has 0 N–H and O–H groups in total. The molecule has 0 aliphatic heterocycles. The molecule has 6 nitrogen and oxygen atoms in total. The van der Waals surface area contributed by atoms with Crippen LogP contribution in [0.2, 0.25) is 0 Å². The molecule has 6 aromatic heterocycles. The van der Waals surface area contributed by atoms with Crippen LogP contribution in [0, 0.1) is 0 Å². The van der Waals surface area contributed by atoms with Crippen LogP contribution in [0.1, 0.15) is 16.7 Å². The molecule has 0 amide bonds. The molecule has 0 saturated carbocycles. The minimum Gasteiger partial charge on any atom is -0.208 e. The Morgan fingerprint density at radius 1 is 0.292 bits per heavy atom. The minimum atomic E-state index is 0.801. The lowest BCUT2D eigenvalue weighted by Crippen LogP contribution is -2.36. The number of nitrogens with zero attached hydrogens (tertiary/aromatic N) is 6. The molecule has 0 fully saturated rings. The molecule has 0 spiro atoms. The fraction of sp³-hybridized carbons (Fsp3) is 0.143. The molecule has 0 unspecified atom stereocenters. The van der Waals surface area contributed by atoms with Crippen molar-refractivity contribution >= 4 is 0 Å². The summed E-state index contributed by atoms with van der Waals surface area (Å²) in [7, 11) is 6.13. The third-order valence-corrected chi connectivity index (χ3v) is 8.82. The van der Waals surface area contributed by atoms with Crippen molar-refractivity contribution in [2.24, 2.45) is 21.1 Å². The van der Waals surface area contributed by atoms with E-state index in [1.807, 2.05) is 21.1 Å². The number of hydrogen-bond acceptors (Lipinski definition) is 0. The topological polar surface area (TPSA) is 23.3 Å². The number of aryl methyl sites for hydroxylation is 3. The lowest BCUT2D eigenvalue weighted by Gasteiger charge is -2.07. The molecule has 48 heavy (non-hydrogen) atoms. The van der Waals surface area contributed by atoms with Crippen LogP contribution in [-0.4, -0.2) is 0 Å². The standard InChI is InChI=1S/C42H42N6/c1-43-16-4-37(5-17-43)40-10-22-46(23-11-40)31-34-28-35(32-47-24-12-41(13-25-47)38-6-18-44(2)19-7-38)30-36(29-34)33-48-26-14-42(15-27-48)39-8-20-45(3)21-9-39/h4-30H,31-33H2,1-3H3/q+6. The lowest BCUT2D eigenvalue weighted by atomic mass is 10.0. The highest BCUT2D eigenvalue weighted by Gasteiger charge is 2.14. The van der Waals surface area contributed by atoms with Crippen LogP contribution in [0.4, 0.5) is 0 Å². The van der Waals surface area contributed by atoms with E-state index in [1.54, 1.807) is 0 Å². The maximum atomic E-state index is 2.35. The number of aromatic nitrogens is 6. The van der Waals surface area contributed by atoms with Crippen molar-refractivity contribution in [2.75, 3.05) is 0 Å². The second-order valence-corrected chi connectivity index (χ2v) is 12.7. The van der Waals surface area contributed by atoms with E-state index in [2.05, 4.69) is 193 Å². The van der Waals surface area contributed by atoms with E-state index in [1.165, 1.54) is 50.1 Å². The predicted octanol–water partition coefficient (Wildman–Crippen LogP) is 4.17. The Bertz CT molecular complexity index is 1860. The zero-order valence-electron chi connectivity index (χ0n) is 27.9. The molecule has 6 heterocycles. The van der Waals surface area contributed by atoms with E-state index in [9.17, 15) is 0 Å². The van der Waals surface area contributed by atoms with E-state index in [0.717, 1.165) is 19.6 Å². The zero-order valence-corrected chi connectivity index (χ0v) is 27.9. The van der Waals surface area contributed by atoms with Crippen LogP contribution in [0.3, 0.4) is 0 Å². The molecular weight excluding hydrogens is 589 g/mol. The van der Waals surface area contributed by atoms with Crippen LogP contribution in [0.25, 0.3) is 33.4 Å². The Morgan fingerprint density at radius 2 is 0.479 bits per heavy atom. The molecule has 1 aromatic carbocycles. The average molecular weight is 631 g/mol. The Kier molecular flexibility index (Phi) is 8.88. The first-order valence-electron chi connectivity index (χ1n) is 16.4. The molecular formula is C42H42N6+6. The fourth-order valence-corrected chi connectivity index (χ4v) is 6.09. The fourth-order valence-electron chi connectivity index (χ4n) is 6.09. The summed E-state index contributed by atoms with van der Waals surface area (Å²) in [6.07, 6.45) is 25.6. The maximum absolute atomic E-state index is 2.35. The first kappa shape index (κ1) is 30.8. The van der Waals surface area contributed by atoms with E-state index in [-0.39, 0.29) is 0 Å². The highest BCUT2D eigenvalue weighted by molar-refractivity contribution is 5.62. The number of rotatable bonds is 9. The SMILES string of the molecule is C[n+]1ccc(-c2cc[n+](Cc3cc(C[n+]4ccc(-c5cc[n+](C)cc5)cc4)cc(C[n+]4ccc(-c5cc[n+](C)cc5)cc4)c3)cc2)cc1. The second-order valence-electron chi connectivity index (χ2n) is 12.7. The van der Waals surface area contributed by atoms with Crippen LogP contribution in [0.15, 0.2) is 165 Å². The van der Waals surface area contributed by atoms with E-state index >= 15 is 0 Å². The van der Waals surface area contributed by atoms with Gasteiger partial charge in [0.1, 0.15) is 21.1 Å². The molecule has 7 aromatic rings. The highest BCUT2D eigenvalue weighted by Crippen LogP contribution is 2.19. The van der Waals surface area contributed by atoms with Crippen molar-refractivity contribution < 1.29 is 27.4 Å². The largest absolute Gasteiger partial charge is 0.208 e. The normalized spacial score (nSPS) is 11.1. The molecule has 0 radical (unpaired) electrons. The van der Waals surface area contributed by atoms with Gasteiger partial charge in [-0.15, -0.1) is 0 Å². The van der Waals surface area contributed by atoms with Crippen molar-refractivity contribution in [3.05, 3.63) is 182 Å². The minimum absolute atomic E-state index is 0.801. The van der Waals surface area contributed by atoms with Crippen molar-refractivity contribution in [3.8, 4) is 33.4 Å². The Hall–Kier alpha value is -5.88. The van der Waals surface area contributed by atoms with Gasteiger partial charge in [0, 0.05) is 89.5 Å². The van der Waals surface area contributed by atoms with Gasteiger partial charge in [0.15, 0.2) is 94.0 Å². The Labute approximate surface area is 283 Å². The van der Waals surface area contributed by atoms with Gasteiger partial charge in [0.05, 0.1) is 0 Å². The van der Waals surface area contributed by atoms with Gasteiger partial charge >= 0.3 is 0 Å². The van der Waals surface area contributed by atoms with Crippen LogP contribution >= 0.6 is 0 Å². The van der Waals surface area contributed by atoms with Gasteiger partial charge in [-0.2, -0.15) is 0 Å². The Morgan fingerprint density at radius 3 is 0.688 bits per heavy atom. The summed E-state index contributed by atoms with van der Waals surface area (Å²) < 4.78 is 13.0. The average Bonchev–Trinajstić information content (AvgIpc) is 3.10. The molecule has 0 aliphatic carbocycles. The third-order valence-electron chi connectivity index (χ3n) is 8.82. The van der Waals surface area contributed by atoms with Crippen molar-refractivity contribution in [3.63, 3.8) is 0 Å². The monoisotopic (exact) mass is 630 g/mol. The van der Waals surface area contributed by atoms with Gasteiger partial charge < -0.3 is 0 Å². The van der Waals surface area contributed by atoms with Crippen LogP contribution in [0.5, 0.6) is 0 Å². The molecule has 0 atom stereocenters. The quantitative estimate of drug-likeness (QED) is 0.214. The van der Waals surface area contributed by atoms with Gasteiger partial charge in [0.2, 0.25) is 0 Å². The summed E-state index contributed by atoms with van der Waals surface area (Å²) in [6.45, 7) is 2.40. The molecule has 0 bridgehead atoms. The Balaban J connectivity index is 1.14. The summed E-state index contributed by atoms with van der Waals surface area (Å²) >= 11 is 0. The van der Waals surface area contributed by atoms with E-state index < -0.39 is 0 Å². The summed E-state index contributed by atoms with van der Waals surface area (Å²) in [6, 6.07) is 33.2. The molecule has 0 saturated heterocycles. The number of hydrogen-bond donors (Lipinski definition) is 0. The maximum Gasteiger partial charge on any atom is 0.173 e. The summed E-state index contributed by atoms with van der Waals surface area (Å²) in [5.41, 5.74) is 11.2. The predicted molar refractivity (Wildman–Crippen MR) is 183 cm³/mol. The highest BCUT2D eigenvalue weighted by atomic mass is 14.9. The van der Waals surface area contributed by atoms with Gasteiger partial charge in [-0.1, -0.05) is 0 Å². The van der Waals surface area contributed by atoms with Crippen molar-refractivity contribution in [2.45, 2.75) is 19.6 Å². The molecule has 234 valence electrons. The third kappa shape index (κ3) is 7.56. The first-order chi connectivity index (χ1) is 23.4. The summed E-state index contributed by atoms with van der Waals surface area (Å²) in [5.74, 6) is 0. The number of pyridine rings is 6. The van der Waals surface area contributed by atoms with Gasteiger partial charge in [-0.05, 0) is 51.6 Å². The van der Waals surface area contributed by atoms with Gasteiger partial charge in [-0.25, -0.2) is 27.4 Å². The van der Waals surface area contributed by atoms with Gasteiger partial charge in [0.25, 0.3) is 0 Å². The second kappa shape index (κ2) is 13.9. The summed E-state index contributed by atoms with van der Waals surface area (Å²) in [4.78, 5) is 0. The van der Waals surface area contributed by atoms with E-state index in [4.69, 9.17) is 0 Å². The number of benzene rings is 1. The first-order valence-corrected chi connectivity index (χ1v) is 16.4. The zero-order chi connectivity index (χ0) is 32.9. The van der Waals surface area contributed by atoms with Crippen molar-refractivity contribution in [1.82, 2.24) is 0 Å².